The first-order chi connectivity index (χ1) is 16.8. The van der Waals surface area contributed by atoms with Crippen LogP contribution in [0.2, 0.25) is 0 Å². The van der Waals surface area contributed by atoms with Gasteiger partial charge in [-0.15, -0.1) is 0 Å². The number of amides is 2. The number of morpholine rings is 1. The Balaban J connectivity index is 1.70. The molecule has 2 amide bonds. The normalized spacial score (nSPS) is 18.7. The summed E-state index contributed by atoms with van der Waals surface area (Å²) in [5.74, 6) is 1.53. The molecule has 35 heavy (non-hydrogen) atoms. The summed E-state index contributed by atoms with van der Waals surface area (Å²) < 4.78 is 32.7. The van der Waals surface area contributed by atoms with Gasteiger partial charge in [0.15, 0.2) is 5.82 Å². The minimum Gasteiger partial charge on any atom is -0.377 e. The number of anilines is 2. The lowest BCUT2D eigenvalue weighted by atomic mass is 10.0. The second kappa shape index (κ2) is 10.9. The third kappa shape index (κ3) is 5.74. The first-order valence-corrected chi connectivity index (χ1v) is 13.8. The maximum Gasteiger partial charge on any atom is 0.319 e. The van der Waals surface area contributed by atoms with Crippen molar-refractivity contribution in [2.24, 2.45) is 0 Å². The Bertz CT molecular complexity index is 1160. The molecular weight excluding hydrogens is 468 g/mol. The van der Waals surface area contributed by atoms with Crippen molar-refractivity contribution < 1.29 is 17.9 Å². The molecule has 1 atom stereocenters. The van der Waals surface area contributed by atoms with Crippen LogP contribution in [0.1, 0.15) is 38.4 Å². The van der Waals surface area contributed by atoms with Gasteiger partial charge in [-0.3, -0.25) is 0 Å². The number of fused-ring (bicyclic) bond motifs is 1. The third-order valence-corrected chi connectivity index (χ3v) is 8.26. The van der Waals surface area contributed by atoms with Crippen molar-refractivity contribution in [3.8, 4) is 11.4 Å². The second-order valence-electron chi connectivity index (χ2n) is 8.87. The van der Waals surface area contributed by atoms with Crippen molar-refractivity contribution >= 4 is 27.6 Å². The highest BCUT2D eigenvalue weighted by molar-refractivity contribution is 7.89. The zero-order valence-electron chi connectivity index (χ0n) is 20.6. The molecule has 0 radical (unpaired) electrons. The number of carbonyl (C=O) groups is 1. The van der Waals surface area contributed by atoms with Crippen LogP contribution in [0.25, 0.3) is 11.4 Å². The van der Waals surface area contributed by atoms with E-state index in [1.165, 1.54) is 0 Å². The fourth-order valence-corrected chi connectivity index (χ4v) is 5.92. The summed E-state index contributed by atoms with van der Waals surface area (Å²) in [5.41, 5.74) is 3.22. The van der Waals surface area contributed by atoms with Crippen molar-refractivity contribution in [3.63, 3.8) is 0 Å². The number of sulfonamides is 1. The van der Waals surface area contributed by atoms with Crippen molar-refractivity contribution in [2.75, 3.05) is 48.8 Å². The number of hydrogen-bond donors (Lipinski definition) is 2. The van der Waals surface area contributed by atoms with Crippen LogP contribution in [-0.2, 0) is 27.7 Å². The summed E-state index contributed by atoms with van der Waals surface area (Å²) in [4.78, 5) is 23.9. The Morgan fingerprint density at radius 3 is 2.63 bits per heavy atom. The van der Waals surface area contributed by atoms with E-state index in [0.29, 0.717) is 50.7 Å². The summed E-state index contributed by atoms with van der Waals surface area (Å²) >= 11 is 0. The molecule has 2 aliphatic rings. The Kier molecular flexibility index (Phi) is 7.88. The largest absolute Gasteiger partial charge is 0.377 e. The summed E-state index contributed by atoms with van der Waals surface area (Å²) in [6.45, 7) is 9.02. The molecule has 190 valence electrons. The van der Waals surface area contributed by atoms with Crippen LogP contribution in [0.15, 0.2) is 24.3 Å². The molecule has 2 N–H and O–H groups in total. The first kappa shape index (κ1) is 25.3. The van der Waals surface area contributed by atoms with E-state index in [0.717, 1.165) is 29.2 Å². The lowest BCUT2D eigenvalue weighted by molar-refractivity contribution is 0.0984. The molecule has 0 bridgehead atoms. The van der Waals surface area contributed by atoms with E-state index < -0.39 is 10.0 Å². The molecule has 0 aliphatic carbocycles. The number of aromatic nitrogens is 2. The van der Waals surface area contributed by atoms with E-state index in [1.807, 2.05) is 38.1 Å². The van der Waals surface area contributed by atoms with Crippen molar-refractivity contribution in [2.45, 2.75) is 46.2 Å². The Labute approximate surface area is 207 Å². The van der Waals surface area contributed by atoms with E-state index >= 15 is 0 Å². The zero-order valence-corrected chi connectivity index (χ0v) is 21.4. The first-order valence-electron chi connectivity index (χ1n) is 12.2. The third-order valence-electron chi connectivity index (χ3n) is 6.24. The van der Waals surface area contributed by atoms with Crippen LogP contribution in [0.3, 0.4) is 0 Å². The van der Waals surface area contributed by atoms with Gasteiger partial charge in [0, 0.05) is 36.4 Å². The zero-order chi connectivity index (χ0) is 25.0. The number of nitrogens with zero attached hydrogens (tertiary/aromatic N) is 4. The van der Waals surface area contributed by atoms with Gasteiger partial charge < -0.3 is 20.3 Å². The van der Waals surface area contributed by atoms with Gasteiger partial charge in [-0.2, -0.15) is 4.31 Å². The van der Waals surface area contributed by atoms with Crippen LogP contribution in [0.5, 0.6) is 0 Å². The average Bonchev–Trinajstić information content (AvgIpc) is 2.84. The Morgan fingerprint density at radius 1 is 1.17 bits per heavy atom. The van der Waals surface area contributed by atoms with Gasteiger partial charge in [-0.1, -0.05) is 6.92 Å². The highest BCUT2D eigenvalue weighted by Crippen LogP contribution is 2.32. The molecule has 4 rings (SSSR count). The number of ether oxygens (including phenoxy) is 1. The molecule has 1 unspecified atom stereocenters. The fraction of sp³-hybridized carbons (Fsp3) is 0.542. The summed E-state index contributed by atoms with van der Waals surface area (Å²) in [6, 6.07) is 7.24. The minimum absolute atomic E-state index is 0.133. The SMILES string of the molecule is CCCS(=O)(=O)N1CCc2c(nc(-c3ccc(NC(=O)NCC)cc3)nc2N2CCOCC2C)C1. The van der Waals surface area contributed by atoms with Crippen LogP contribution < -0.4 is 15.5 Å². The topological polar surface area (TPSA) is 117 Å². The average molecular weight is 503 g/mol. The second-order valence-corrected chi connectivity index (χ2v) is 11.0. The Morgan fingerprint density at radius 2 is 1.94 bits per heavy atom. The molecule has 1 aromatic carbocycles. The highest BCUT2D eigenvalue weighted by atomic mass is 32.2. The van der Waals surface area contributed by atoms with E-state index in [1.54, 1.807) is 4.31 Å². The number of benzene rings is 1. The van der Waals surface area contributed by atoms with Gasteiger partial charge in [0.1, 0.15) is 5.82 Å². The lowest BCUT2D eigenvalue weighted by Gasteiger charge is -2.37. The van der Waals surface area contributed by atoms with Gasteiger partial charge in [-0.05, 0) is 51.0 Å². The molecule has 0 spiro atoms. The monoisotopic (exact) mass is 502 g/mol. The molecule has 1 saturated heterocycles. The van der Waals surface area contributed by atoms with Crippen LogP contribution in [0, 0.1) is 0 Å². The molecular formula is C24H34N6O4S. The van der Waals surface area contributed by atoms with E-state index in [-0.39, 0.29) is 24.4 Å². The minimum atomic E-state index is -3.33. The smallest absolute Gasteiger partial charge is 0.319 e. The standard InChI is InChI=1S/C24H34N6O4S/c1-4-14-35(32,33)29-11-10-20-21(15-29)27-22(28-23(20)30-12-13-34-16-17(30)3)18-6-8-19(9-7-18)26-24(31)25-5-2/h6-9,17H,4-5,10-16H2,1-3H3,(H2,25,26,31). The highest BCUT2D eigenvalue weighted by Gasteiger charge is 2.32. The maximum atomic E-state index is 12.8. The van der Waals surface area contributed by atoms with Crippen molar-refractivity contribution in [1.29, 1.82) is 0 Å². The van der Waals surface area contributed by atoms with Crippen LogP contribution in [0.4, 0.5) is 16.3 Å². The molecule has 11 heteroatoms. The molecule has 0 saturated carbocycles. The van der Waals surface area contributed by atoms with Gasteiger partial charge in [-0.25, -0.2) is 23.2 Å². The molecule has 1 fully saturated rings. The van der Waals surface area contributed by atoms with Gasteiger partial charge in [0.05, 0.1) is 37.2 Å². The predicted molar refractivity (Wildman–Crippen MR) is 136 cm³/mol. The predicted octanol–water partition coefficient (Wildman–Crippen LogP) is 2.61. The molecule has 10 nitrogen and oxygen atoms in total. The quantitative estimate of drug-likeness (QED) is 0.598. The number of hydrogen-bond acceptors (Lipinski definition) is 7. The van der Waals surface area contributed by atoms with E-state index in [4.69, 9.17) is 14.7 Å². The van der Waals surface area contributed by atoms with E-state index in [2.05, 4.69) is 22.5 Å². The van der Waals surface area contributed by atoms with Gasteiger partial charge in [0.2, 0.25) is 10.0 Å². The number of carbonyl (C=O) groups excluding carboxylic acids is 1. The molecule has 3 heterocycles. The lowest BCUT2D eigenvalue weighted by Crippen LogP contribution is -2.46. The number of urea groups is 1. The molecule has 1 aromatic heterocycles. The number of nitrogens with one attached hydrogen (secondary N) is 2. The van der Waals surface area contributed by atoms with Crippen LogP contribution in [-0.4, -0.2) is 73.4 Å². The Hall–Kier alpha value is -2.76. The summed E-state index contributed by atoms with van der Waals surface area (Å²) in [6.07, 6.45) is 1.15. The molecule has 2 aromatic rings. The molecule has 2 aliphatic heterocycles. The van der Waals surface area contributed by atoms with Crippen LogP contribution >= 0.6 is 0 Å². The maximum absolute atomic E-state index is 12.8. The van der Waals surface area contributed by atoms with Gasteiger partial charge in [0.25, 0.3) is 0 Å². The van der Waals surface area contributed by atoms with Gasteiger partial charge >= 0.3 is 6.03 Å². The number of rotatable bonds is 7. The van der Waals surface area contributed by atoms with Crippen molar-refractivity contribution in [3.05, 3.63) is 35.5 Å². The summed E-state index contributed by atoms with van der Waals surface area (Å²) in [5, 5.41) is 5.49. The summed E-state index contributed by atoms with van der Waals surface area (Å²) in [7, 11) is -3.33. The van der Waals surface area contributed by atoms with Crippen molar-refractivity contribution in [1.82, 2.24) is 19.6 Å². The fourth-order valence-electron chi connectivity index (χ4n) is 4.46. The van der Waals surface area contributed by atoms with E-state index in [9.17, 15) is 13.2 Å².